The summed E-state index contributed by atoms with van der Waals surface area (Å²) in [5.41, 5.74) is -0.164. The number of carboxylic acids is 1. The van der Waals surface area contributed by atoms with Crippen LogP contribution >= 0.6 is 0 Å². The van der Waals surface area contributed by atoms with Crippen LogP contribution in [0.3, 0.4) is 0 Å². The van der Waals surface area contributed by atoms with E-state index in [2.05, 4.69) is 10.3 Å². The highest BCUT2D eigenvalue weighted by atomic mass is 16.5. The van der Waals surface area contributed by atoms with Gasteiger partial charge in [0.05, 0.1) is 12.6 Å². The summed E-state index contributed by atoms with van der Waals surface area (Å²) in [5, 5.41) is 20.2. The van der Waals surface area contributed by atoms with Crippen molar-refractivity contribution in [3.05, 3.63) is 12.0 Å². The molecule has 0 amide bonds. The topological polar surface area (TPSA) is 105 Å². The first-order valence-electron chi connectivity index (χ1n) is 4.72. The van der Waals surface area contributed by atoms with Gasteiger partial charge in [0, 0.05) is 13.7 Å². The predicted molar refractivity (Wildman–Crippen MR) is 54.5 cm³/mol. The smallest absolute Gasteiger partial charge is 0.357 e. The molecule has 3 N–H and O–H groups in total. The normalized spacial score (nSPS) is 12.4. The second-order valence-electron chi connectivity index (χ2n) is 3.15. The molecule has 7 nitrogen and oxygen atoms in total. The van der Waals surface area contributed by atoms with Crippen molar-refractivity contribution in [2.45, 2.75) is 12.5 Å². The summed E-state index contributed by atoms with van der Waals surface area (Å²) >= 11 is 0. The van der Waals surface area contributed by atoms with Gasteiger partial charge >= 0.3 is 5.97 Å². The molecule has 1 heterocycles. The zero-order valence-electron chi connectivity index (χ0n) is 8.84. The van der Waals surface area contributed by atoms with E-state index in [0.29, 0.717) is 13.0 Å². The molecule has 1 unspecified atom stereocenters. The van der Waals surface area contributed by atoms with E-state index in [1.54, 1.807) is 0 Å². The average molecular weight is 230 g/mol. The highest BCUT2D eigenvalue weighted by molar-refractivity contribution is 5.85. The number of ether oxygens (including phenoxy) is 1. The lowest BCUT2D eigenvalue weighted by atomic mass is 10.2. The van der Waals surface area contributed by atoms with Gasteiger partial charge in [-0.2, -0.15) is 4.98 Å². The molecule has 0 saturated carbocycles. The van der Waals surface area contributed by atoms with Crippen LogP contribution in [-0.4, -0.2) is 47.5 Å². The van der Waals surface area contributed by atoms with Crippen LogP contribution in [0.5, 0.6) is 0 Å². The predicted octanol–water partition coefficient (Wildman–Crippen LogP) is 0.182. The molecular formula is C9H14N2O5. The number of aromatic nitrogens is 1. The van der Waals surface area contributed by atoms with Crippen LogP contribution in [0, 0.1) is 0 Å². The molecule has 1 rings (SSSR count). The van der Waals surface area contributed by atoms with Crippen LogP contribution in [0.15, 0.2) is 10.7 Å². The minimum Gasteiger partial charge on any atom is -0.476 e. The molecule has 0 bridgehead atoms. The maximum Gasteiger partial charge on any atom is 0.357 e. The van der Waals surface area contributed by atoms with E-state index in [1.165, 1.54) is 7.11 Å². The van der Waals surface area contributed by atoms with Crippen molar-refractivity contribution in [1.82, 2.24) is 4.98 Å². The first kappa shape index (κ1) is 12.5. The van der Waals surface area contributed by atoms with Gasteiger partial charge in [0.2, 0.25) is 0 Å². The summed E-state index contributed by atoms with van der Waals surface area (Å²) in [6.07, 6.45) is 1.51. The lowest BCUT2D eigenvalue weighted by Crippen LogP contribution is -2.26. The fourth-order valence-corrected chi connectivity index (χ4v) is 1.17. The minimum absolute atomic E-state index is 0.00643. The van der Waals surface area contributed by atoms with Gasteiger partial charge in [0.1, 0.15) is 6.26 Å². The van der Waals surface area contributed by atoms with E-state index in [-0.39, 0.29) is 24.4 Å². The molecule has 90 valence electrons. The Bertz CT molecular complexity index is 332. The van der Waals surface area contributed by atoms with Crippen molar-refractivity contribution in [2.24, 2.45) is 0 Å². The first-order valence-corrected chi connectivity index (χ1v) is 4.72. The number of aromatic carboxylic acids is 1. The molecule has 1 aromatic rings. The molecule has 0 spiro atoms. The monoisotopic (exact) mass is 230 g/mol. The van der Waals surface area contributed by atoms with E-state index in [4.69, 9.17) is 19.4 Å². The van der Waals surface area contributed by atoms with Crippen molar-refractivity contribution < 1.29 is 24.2 Å². The standard InChI is InChI=1S/C9H14N2O5/c1-15-4-6(2-3-12)10-9-11-7(5-16-9)8(13)14/h5-6,12H,2-4H2,1H3,(H,10,11)(H,13,14). The van der Waals surface area contributed by atoms with Gasteiger partial charge in [-0.25, -0.2) is 4.79 Å². The van der Waals surface area contributed by atoms with Crippen molar-refractivity contribution in [1.29, 1.82) is 0 Å². The summed E-state index contributed by atoms with van der Waals surface area (Å²) in [4.78, 5) is 14.2. The molecule has 0 fully saturated rings. The van der Waals surface area contributed by atoms with Crippen LogP contribution in [0.2, 0.25) is 0 Å². The van der Waals surface area contributed by atoms with Gasteiger partial charge in [0.15, 0.2) is 5.69 Å². The SMILES string of the molecule is COCC(CCO)Nc1nc(C(=O)O)co1. The highest BCUT2D eigenvalue weighted by Gasteiger charge is 2.14. The number of nitrogens with one attached hydrogen (secondary N) is 1. The third-order valence-electron chi connectivity index (χ3n) is 1.90. The van der Waals surface area contributed by atoms with E-state index < -0.39 is 5.97 Å². The fraction of sp³-hybridized carbons (Fsp3) is 0.556. The van der Waals surface area contributed by atoms with E-state index in [1.807, 2.05) is 0 Å². The Hall–Kier alpha value is -1.60. The first-order chi connectivity index (χ1) is 7.67. The Morgan fingerprint density at radius 2 is 2.50 bits per heavy atom. The molecule has 0 aliphatic carbocycles. The van der Waals surface area contributed by atoms with Gasteiger partial charge in [-0.3, -0.25) is 0 Å². The summed E-state index contributed by atoms with van der Waals surface area (Å²) < 4.78 is 9.83. The molecule has 1 atom stereocenters. The number of oxazole rings is 1. The average Bonchev–Trinajstić information content (AvgIpc) is 2.67. The molecule has 0 saturated heterocycles. The Labute approximate surface area is 92.0 Å². The van der Waals surface area contributed by atoms with Crippen molar-refractivity contribution in [3.63, 3.8) is 0 Å². The number of carbonyl (C=O) groups is 1. The molecule has 1 aromatic heterocycles. The summed E-state index contributed by atoms with van der Waals surface area (Å²) in [6.45, 7) is 0.360. The van der Waals surface area contributed by atoms with Gasteiger partial charge < -0.3 is 24.7 Å². The lowest BCUT2D eigenvalue weighted by molar-refractivity contribution is 0.0690. The van der Waals surface area contributed by atoms with Crippen LogP contribution in [-0.2, 0) is 4.74 Å². The number of aliphatic hydroxyl groups excluding tert-OH is 1. The van der Waals surface area contributed by atoms with E-state index in [9.17, 15) is 4.79 Å². The molecule has 0 aliphatic heterocycles. The van der Waals surface area contributed by atoms with E-state index >= 15 is 0 Å². The van der Waals surface area contributed by atoms with Crippen LogP contribution in [0.1, 0.15) is 16.9 Å². The Balaban J connectivity index is 2.58. The lowest BCUT2D eigenvalue weighted by Gasteiger charge is -2.14. The zero-order chi connectivity index (χ0) is 12.0. The number of hydrogen-bond acceptors (Lipinski definition) is 6. The van der Waals surface area contributed by atoms with Crippen LogP contribution in [0.25, 0.3) is 0 Å². The van der Waals surface area contributed by atoms with Crippen molar-refractivity contribution >= 4 is 12.0 Å². The maximum absolute atomic E-state index is 10.5. The second-order valence-corrected chi connectivity index (χ2v) is 3.15. The molecular weight excluding hydrogens is 216 g/mol. The highest BCUT2D eigenvalue weighted by Crippen LogP contribution is 2.10. The maximum atomic E-state index is 10.5. The minimum atomic E-state index is -1.15. The van der Waals surface area contributed by atoms with Crippen LogP contribution < -0.4 is 5.32 Å². The Kier molecular flexibility index (Phi) is 4.74. The number of aliphatic hydroxyl groups is 1. The van der Waals surface area contributed by atoms with Gasteiger partial charge in [-0.1, -0.05) is 0 Å². The number of nitrogens with zero attached hydrogens (tertiary/aromatic N) is 1. The third-order valence-corrected chi connectivity index (χ3v) is 1.90. The number of hydrogen-bond donors (Lipinski definition) is 3. The second kappa shape index (κ2) is 6.09. The molecule has 0 aliphatic rings. The van der Waals surface area contributed by atoms with E-state index in [0.717, 1.165) is 6.26 Å². The largest absolute Gasteiger partial charge is 0.476 e. The molecule has 0 aromatic carbocycles. The summed E-state index contributed by atoms with van der Waals surface area (Å²) in [7, 11) is 1.53. The number of methoxy groups -OCH3 is 1. The zero-order valence-corrected chi connectivity index (χ0v) is 8.84. The molecule has 0 radical (unpaired) electrons. The van der Waals surface area contributed by atoms with Crippen molar-refractivity contribution in [2.75, 3.05) is 25.6 Å². The third kappa shape index (κ3) is 3.52. The van der Waals surface area contributed by atoms with Crippen LogP contribution in [0.4, 0.5) is 6.01 Å². The Morgan fingerprint density at radius 3 is 3.00 bits per heavy atom. The van der Waals surface area contributed by atoms with Gasteiger partial charge in [-0.05, 0) is 6.42 Å². The number of rotatable bonds is 7. The summed E-state index contributed by atoms with van der Waals surface area (Å²) in [5.74, 6) is -1.15. The fourth-order valence-electron chi connectivity index (χ4n) is 1.17. The number of anilines is 1. The van der Waals surface area contributed by atoms with Gasteiger partial charge in [-0.15, -0.1) is 0 Å². The summed E-state index contributed by atoms with van der Waals surface area (Å²) in [6, 6.07) is -0.0665. The molecule has 16 heavy (non-hydrogen) atoms. The number of carboxylic acid groups (broad SMARTS) is 1. The van der Waals surface area contributed by atoms with Gasteiger partial charge in [0.25, 0.3) is 6.01 Å². The van der Waals surface area contributed by atoms with Crippen molar-refractivity contribution in [3.8, 4) is 0 Å². The quantitative estimate of drug-likeness (QED) is 0.613. The molecule has 7 heteroatoms. The Morgan fingerprint density at radius 1 is 1.75 bits per heavy atom.